The normalized spacial score (nSPS) is 16.6. The van der Waals surface area contributed by atoms with E-state index in [4.69, 9.17) is 0 Å². The lowest BCUT2D eigenvalue weighted by Gasteiger charge is -2.18. The number of sulfone groups is 1. The summed E-state index contributed by atoms with van der Waals surface area (Å²) in [6.07, 6.45) is 4.43. The summed E-state index contributed by atoms with van der Waals surface area (Å²) in [4.78, 5) is 0. The van der Waals surface area contributed by atoms with Crippen LogP contribution in [-0.4, -0.2) is 44.5 Å². The Morgan fingerprint density at radius 1 is 1.29 bits per heavy atom. The van der Waals surface area contributed by atoms with Crippen LogP contribution < -0.4 is 5.32 Å². The first-order chi connectivity index (χ1) is 6.35. The minimum absolute atomic E-state index is 0.0434. The summed E-state index contributed by atoms with van der Waals surface area (Å²) in [7, 11) is -2.86. The summed E-state index contributed by atoms with van der Waals surface area (Å²) in [5.74, 6) is 1.33. The van der Waals surface area contributed by atoms with Crippen LogP contribution in [0.15, 0.2) is 0 Å². The van der Waals surface area contributed by atoms with E-state index in [9.17, 15) is 8.42 Å². The molecule has 0 bridgehead atoms. The molecule has 0 aliphatic heterocycles. The van der Waals surface area contributed by atoms with E-state index in [1.165, 1.54) is 6.26 Å². The van der Waals surface area contributed by atoms with Crippen molar-refractivity contribution in [2.24, 2.45) is 0 Å². The first-order valence-electron chi connectivity index (χ1n) is 4.78. The number of rotatable bonds is 7. The fourth-order valence-corrected chi connectivity index (χ4v) is 2.96. The second-order valence-electron chi connectivity index (χ2n) is 3.84. The van der Waals surface area contributed by atoms with Gasteiger partial charge >= 0.3 is 0 Å². The van der Waals surface area contributed by atoms with Gasteiger partial charge in [-0.3, -0.25) is 0 Å². The third kappa shape index (κ3) is 8.84. The van der Waals surface area contributed by atoms with Gasteiger partial charge in [-0.15, -0.1) is 0 Å². The molecule has 0 saturated heterocycles. The second-order valence-corrected chi connectivity index (χ2v) is 7.01. The van der Waals surface area contributed by atoms with Crippen molar-refractivity contribution in [3.63, 3.8) is 0 Å². The Balaban J connectivity index is 3.76. The molecule has 2 unspecified atom stereocenters. The van der Waals surface area contributed by atoms with Crippen LogP contribution >= 0.6 is 11.8 Å². The highest BCUT2D eigenvalue weighted by atomic mass is 32.2. The van der Waals surface area contributed by atoms with Crippen molar-refractivity contribution in [1.29, 1.82) is 0 Å². The molecule has 0 amide bonds. The highest BCUT2D eigenvalue weighted by molar-refractivity contribution is 7.98. The summed E-state index contributed by atoms with van der Waals surface area (Å²) in [6, 6.07) is 0.432. The fourth-order valence-electron chi connectivity index (χ4n) is 1.37. The number of thioether (sulfide) groups is 1. The Morgan fingerprint density at radius 3 is 2.29 bits per heavy atom. The molecule has 0 rings (SSSR count). The molecule has 0 aliphatic carbocycles. The average Bonchev–Trinajstić information content (AvgIpc) is 1.96. The van der Waals surface area contributed by atoms with Gasteiger partial charge in [-0.05, 0) is 32.3 Å². The molecule has 0 spiro atoms. The van der Waals surface area contributed by atoms with E-state index < -0.39 is 9.84 Å². The summed E-state index contributed by atoms with van der Waals surface area (Å²) in [5, 5.41) is 3.28. The molecule has 0 fully saturated rings. The molecule has 1 N–H and O–H groups in total. The van der Waals surface area contributed by atoms with Crippen LogP contribution in [0.5, 0.6) is 0 Å². The van der Waals surface area contributed by atoms with Crippen molar-refractivity contribution in [2.75, 3.05) is 24.0 Å². The largest absolute Gasteiger partial charge is 0.311 e. The average molecular weight is 239 g/mol. The predicted octanol–water partition coefficient (Wildman–Crippen LogP) is 1.15. The van der Waals surface area contributed by atoms with E-state index in [0.29, 0.717) is 6.04 Å². The highest BCUT2D eigenvalue weighted by Crippen LogP contribution is 2.01. The van der Waals surface area contributed by atoms with Crippen molar-refractivity contribution in [3.05, 3.63) is 0 Å². The monoisotopic (exact) mass is 239 g/mol. The second kappa shape index (κ2) is 6.69. The van der Waals surface area contributed by atoms with Gasteiger partial charge < -0.3 is 5.32 Å². The summed E-state index contributed by atoms with van der Waals surface area (Å²) < 4.78 is 22.0. The lowest BCUT2D eigenvalue weighted by Crippen LogP contribution is -2.39. The maximum Gasteiger partial charge on any atom is 0.148 e. The molecule has 86 valence electrons. The summed E-state index contributed by atoms with van der Waals surface area (Å²) in [5.41, 5.74) is 0. The molecule has 0 aliphatic rings. The molecule has 0 saturated carbocycles. The van der Waals surface area contributed by atoms with Crippen molar-refractivity contribution in [1.82, 2.24) is 5.32 Å². The molecule has 0 heterocycles. The Labute approximate surface area is 92.0 Å². The smallest absolute Gasteiger partial charge is 0.148 e. The zero-order valence-corrected chi connectivity index (χ0v) is 11.0. The van der Waals surface area contributed by atoms with E-state index in [-0.39, 0.29) is 11.8 Å². The molecule has 0 aromatic carbocycles. The van der Waals surface area contributed by atoms with Gasteiger partial charge in [-0.1, -0.05) is 0 Å². The number of hydrogen-bond donors (Lipinski definition) is 1. The zero-order valence-electron chi connectivity index (χ0n) is 9.41. The van der Waals surface area contributed by atoms with Crippen LogP contribution in [0.3, 0.4) is 0 Å². The number of nitrogens with one attached hydrogen (secondary N) is 1. The van der Waals surface area contributed by atoms with Gasteiger partial charge in [0.25, 0.3) is 0 Å². The van der Waals surface area contributed by atoms with Gasteiger partial charge in [0, 0.05) is 18.3 Å². The van der Waals surface area contributed by atoms with E-state index >= 15 is 0 Å². The Bertz CT molecular complexity index is 239. The molecule has 14 heavy (non-hydrogen) atoms. The first-order valence-corrected chi connectivity index (χ1v) is 8.23. The molecular weight excluding hydrogens is 218 g/mol. The van der Waals surface area contributed by atoms with Crippen LogP contribution in [-0.2, 0) is 9.84 Å². The van der Waals surface area contributed by atoms with Crippen molar-refractivity contribution < 1.29 is 8.42 Å². The van der Waals surface area contributed by atoms with Crippen LogP contribution in [0.2, 0.25) is 0 Å². The van der Waals surface area contributed by atoms with Crippen LogP contribution in [0, 0.1) is 0 Å². The van der Waals surface area contributed by atoms with Gasteiger partial charge in [0.05, 0.1) is 5.75 Å². The van der Waals surface area contributed by atoms with Gasteiger partial charge in [0.2, 0.25) is 0 Å². The third-order valence-corrected chi connectivity index (χ3v) is 3.63. The van der Waals surface area contributed by atoms with Crippen molar-refractivity contribution in [3.8, 4) is 0 Å². The van der Waals surface area contributed by atoms with Gasteiger partial charge in [0.1, 0.15) is 9.84 Å². The first kappa shape index (κ1) is 14.3. The Hall–Kier alpha value is 0.260. The molecule has 5 heteroatoms. The Morgan fingerprint density at radius 2 is 1.86 bits per heavy atom. The standard InChI is InChI=1S/C9H21NO2S2/c1-8(5-6-13-3)10-9(2)7-14(4,11)12/h8-10H,5-7H2,1-4H3. The SMILES string of the molecule is CSCCC(C)NC(C)CS(C)(=O)=O. The molecular formula is C9H21NO2S2. The van der Waals surface area contributed by atoms with Crippen LogP contribution in [0.4, 0.5) is 0 Å². The maximum atomic E-state index is 11.0. The minimum atomic E-state index is -2.86. The Kier molecular flexibility index (Phi) is 6.81. The lowest BCUT2D eigenvalue weighted by molar-refractivity contribution is 0.479. The topological polar surface area (TPSA) is 46.2 Å². The minimum Gasteiger partial charge on any atom is -0.311 e. The molecule has 0 aromatic rings. The van der Waals surface area contributed by atoms with Gasteiger partial charge in [0.15, 0.2) is 0 Å². The van der Waals surface area contributed by atoms with E-state index in [0.717, 1.165) is 12.2 Å². The molecule has 0 aromatic heterocycles. The van der Waals surface area contributed by atoms with Gasteiger partial charge in [-0.2, -0.15) is 11.8 Å². The highest BCUT2D eigenvalue weighted by Gasteiger charge is 2.12. The summed E-state index contributed by atoms with van der Waals surface area (Å²) >= 11 is 1.81. The van der Waals surface area contributed by atoms with Gasteiger partial charge in [-0.25, -0.2) is 8.42 Å². The molecule has 2 atom stereocenters. The van der Waals surface area contributed by atoms with E-state index in [1.807, 2.05) is 18.7 Å². The van der Waals surface area contributed by atoms with E-state index in [1.54, 1.807) is 0 Å². The molecule has 3 nitrogen and oxygen atoms in total. The fraction of sp³-hybridized carbons (Fsp3) is 1.00. The molecule has 0 radical (unpaired) electrons. The third-order valence-electron chi connectivity index (χ3n) is 1.88. The van der Waals surface area contributed by atoms with Crippen LogP contribution in [0.25, 0.3) is 0 Å². The summed E-state index contributed by atoms with van der Waals surface area (Å²) in [6.45, 7) is 4.01. The van der Waals surface area contributed by atoms with E-state index in [2.05, 4.69) is 18.5 Å². The maximum absolute atomic E-state index is 11.0. The van der Waals surface area contributed by atoms with Crippen molar-refractivity contribution in [2.45, 2.75) is 32.4 Å². The lowest BCUT2D eigenvalue weighted by atomic mass is 10.2. The predicted molar refractivity (Wildman–Crippen MR) is 64.8 cm³/mol. The van der Waals surface area contributed by atoms with Crippen molar-refractivity contribution >= 4 is 21.6 Å². The zero-order chi connectivity index (χ0) is 11.2. The van der Waals surface area contributed by atoms with Crippen LogP contribution in [0.1, 0.15) is 20.3 Å². The quantitative estimate of drug-likeness (QED) is 0.724. The number of hydrogen-bond acceptors (Lipinski definition) is 4.